The van der Waals surface area contributed by atoms with Crippen LogP contribution in [0.2, 0.25) is 4.05 Å². The van der Waals surface area contributed by atoms with Crippen LogP contribution in [0.4, 0.5) is 0 Å². The Bertz CT molecular complexity index is 202. The molecule has 0 amide bonds. The summed E-state index contributed by atoms with van der Waals surface area (Å²) in [7, 11) is 0. The highest BCUT2D eigenvalue weighted by Crippen LogP contribution is 2.53. The molecule has 0 heterocycles. The molecule has 0 nitrogen and oxygen atoms in total. The molecule has 0 bridgehead atoms. The van der Waals surface area contributed by atoms with Gasteiger partial charge in [-0.3, -0.25) is 0 Å². The first-order valence-electron chi connectivity index (χ1n) is 6.74. The third-order valence-electron chi connectivity index (χ3n) is 4.47. The third kappa shape index (κ3) is 3.62. The summed E-state index contributed by atoms with van der Waals surface area (Å²) < 4.78 is 0.994. The minimum Gasteiger partial charge on any atom is -0.306 e. The van der Waals surface area contributed by atoms with Crippen LogP contribution in [-0.2, 0) is 0 Å². The van der Waals surface area contributed by atoms with Gasteiger partial charge in [-0.05, 0) is 10.8 Å². The zero-order valence-corrected chi connectivity index (χ0v) is 14.9. The zero-order chi connectivity index (χ0) is 12.6. The second-order valence-electron chi connectivity index (χ2n) is 7.69. The molecule has 1 aliphatic carbocycles. The molecule has 0 radical (unpaired) electrons. The molecule has 1 saturated carbocycles. The summed E-state index contributed by atoms with van der Waals surface area (Å²) >= 11 is 3.84. The SMILES string of the molecule is CC(C)(C)C1CCCC(C(C)(C)C)[CH]1[Mg][Br]. The van der Waals surface area contributed by atoms with Gasteiger partial charge in [-0.1, -0.05) is 72.6 Å². The van der Waals surface area contributed by atoms with Crippen LogP contribution >= 0.6 is 12.9 Å². The molecule has 2 atom stereocenters. The summed E-state index contributed by atoms with van der Waals surface area (Å²) in [6.07, 6.45) is 4.36. The van der Waals surface area contributed by atoms with Crippen LogP contribution in [0.15, 0.2) is 0 Å². The highest BCUT2D eigenvalue weighted by molar-refractivity contribution is 9.23. The average molecular weight is 300 g/mol. The van der Waals surface area contributed by atoms with E-state index in [1.54, 1.807) is 0 Å². The first kappa shape index (κ1) is 15.3. The maximum Gasteiger partial charge on any atom is 0.472 e. The molecular formula is C14H27BrMg. The number of hydrogen-bond donors (Lipinski definition) is 0. The molecule has 0 N–H and O–H groups in total. The maximum atomic E-state index is 3.92. The first-order chi connectivity index (χ1) is 7.18. The van der Waals surface area contributed by atoms with Gasteiger partial charge in [0.25, 0.3) is 0 Å². The van der Waals surface area contributed by atoms with Gasteiger partial charge < -0.3 is 12.9 Å². The molecule has 2 unspecified atom stereocenters. The Morgan fingerprint density at radius 1 is 0.875 bits per heavy atom. The minimum atomic E-state index is -0.0738. The van der Waals surface area contributed by atoms with E-state index in [1.165, 1.54) is 19.3 Å². The standard InChI is InChI=1S/C14H27.BrH.Mg/c1-13(2,3)11-8-7-9-12(10-11)14(4,5)6;;/h10-12H,7-9H2,1-6H3;1H;/q;;+1/p-1. The molecule has 92 valence electrons. The fraction of sp³-hybridized carbons (Fsp3) is 1.00. The monoisotopic (exact) mass is 298 g/mol. The lowest BCUT2D eigenvalue weighted by Gasteiger charge is -2.49. The second kappa shape index (κ2) is 5.48. The van der Waals surface area contributed by atoms with Gasteiger partial charge in [-0.15, -0.1) is 4.05 Å². The molecule has 0 aromatic carbocycles. The van der Waals surface area contributed by atoms with E-state index in [0.717, 1.165) is 15.9 Å². The highest BCUT2D eigenvalue weighted by atomic mass is 79.9. The van der Waals surface area contributed by atoms with Gasteiger partial charge in [0.2, 0.25) is 0 Å². The van der Waals surface area contributed by atoms with E-state index in [9.17, 15) is 0 Å². The second-order valence-corrected chi connectivity index (χ2v) is 10.9. The summed E-state index contributed by atoms with van der Waals surface area (Å²) in [5.41, 5.74) is 0.991. The zero-order valence-electron chi connectivity index (χ0n) is 11.9. The lowest BCUT2D eigenvalue weighted by atomic mass is 9.62. The van der Waals surface area contributed by atoms with Crippen molar-refractivity contribution in [3.8, 4) is 0 Å². The number of halogens is 1. The fourth-order valence-corrected chi connectivity index (χ4v) is 8.66. The van der Waals surface area contributed by atoms with Gasteiger partial charge >= 0.3 is 18.2 Å². The Balaban J connectivity index is 2.90. The third-order valence-corrected chi connectivity index (χ3v) is 8.20. The molecule has 0 aliphatic heterocycles. The van der Waals surface area contributed by atoms with Crippen molar-refractivity contribution in [2.75, 3.05) is 0 Å². The van der Waals surface area contributed by atoms with Crippen molar-refractivity contribution in [3.63, 3.8) is 0 Å². The topological polar surface area (TPSA) is 0 Å². The summed E-state index contributed by atoms with van der Waals surface area (Å²) in [6.45, 7) is 14.6. The molecule has 2 heteroatoms. The Hall–Kier alpha value is 1.25. The number of hydrogen-bond acceptors (Lipinski definition) is 0. The van der Waals surface area contributed by atoms with Gasteiger partial charge in [-0.2, -0.15) is 0 Å². The van der Waals surface area contributed by atoms with Crippen LogP contribution in [-0.4, -0.2) is 18.2 Å². The van der Waals surface area contributed by atoms with Gasteiger partial charge in [0.05, 0.1) is 0 Å². The summed E-state index contributed by atoms with van der Waals surface area (Å²) in [5, 5.41) is 0. The quantitative estimate of drug-likeness (QED) is 0.577. The highest BCUT2D eigenvalue weighted by Gasteiger charge is 2.42. The van der Waals surface area contributed by atoms with Crippen molar-refractivity contribution in [3.05, 3.63) is 0 Å². The lowest BCUT2D eigenvalue weighted by Crippen LogP contribution is -2.39. The smallest absolute Gasteiger partial charge is 0.306 e. The molecule has 1 aliphatic rings. The maximum absolute atomic E-state index is 3.92. The van der Waals surface area contributed by atoms with E-state index < -0.39 is 0 Å². The van der Waals surface area contributed by atoms with E-state index in [1.807, 2.05) is 0 Å². The number of rotatable bonds is 1. The van der Waals surface area contributed by atoms with Crippen molar-refractivity contribution in [2.24, 2.45) is 22.7 Å². The van der Waals surface area contributed by atoms with Crippen molar-refractivity contribution < 1.29 is 0 Å². The van der Waals surface area contributed by atoms with Crippen LogP contribution in [0.1, 0.15) is 60.8 Å². The molecule has 0 aromatic heterocycles. The Labute approximate surface area is 118 Å². The van der Waals surface area contributed by atoms with Gasteiger partial charge in [-0.25, -0.2) is 0 Å². The van der Waals surface area contributed by atoms with E-state index in [4.69, 9.17) is 0 Å². The van der Waals surface area contributed by atoms with E-state index in [2.05, 4.69) is 54.4 Å². The average Bonchev–Trinajstić information content (AvgIpc) is 2.13. The Morgan fingerprint density at radius 2 is 1.25 bits per heavy atom. The van der Waals surface area contributed by atoms with Gasteiger partial charge in [0.15, 0.2) is 0 Å². The van der Waals surface area contributed by atoms with Crippen molar-refractivity contribution in [1.29, 1.82) is 0 Å². The van der Waals surface area contributed by atoms with E-state index in [0.29, 0.717) is 10.8 Å². The molecule has 1 fully saturated rings. The van der Waals surface area contributed by atoms with Crippen LogP contribution in [0, 0.1) is 22.7 Å². The van der Waals surface area contributed by atoms with Crippen LogP contribution in [0.5, 0.6) is 0 Å². The summed E-state index contributed by atoms with van der Waals surface area (Å²) in [5.74, 6) is 1.88. The molecule has 0 aromatic rings. The van der Waals surface area contributed by atoms with Crippen LogP contribution in [0.3, 0.4) is 0 Å². The normalized spacial score (nSPS) is 32.3. The Kier molecular flexibility index (Phi) is 5.24. The van der Waals surface area contributed by atoms with Crippen molar-refractivity contribution in [2.45, 2.75) is 64.9 Å². The molecule has 1 rings (SSSR count). The fourth-order valence-electron chi connectivity index (χ4n) is 3.63. The summed E-state index contributed by atoms with van der Waals surface area (Å²) in [4.78, 5) is 0. The van der Waals surface area contributed by atoms with Crippen molar-refractivity contribution >= 4 is 31.1 Å². The van der Waals surface area contributed by atoms with Crippen LogP contribution in [0.25, 0.3) is 0 Å². The van der Waals surface area contributed by atoms with E-state index >= 15 is 0 Å². The molecule has 16 heavy (non-hydrogen) atoms. The van der Waals surface area contributed by atoms with Crippen LogP contribution < -0.4 is 0 Å². The largest absolute Gasteiger partial charge is 0.472 e. The first-order valence-corrected chi connectivity index (χ1v) is 11.5. The van der Waals surface area contributed by atoms with Crippen molar-refractivity contribution in [1.82, 2.24) is 0 Å². The van der Waals surface area contributed by atoms with Gasteiger partial charge in [0, 0.05) is 0 Å². The summed E-state index contributed by atoms with van der Waals surface area (Å²) in [6, 6.07) is 0. The lowest BCUT2D eigenvalue weighted by molar-refractivity contribution is 0.0842. The molecular weight excluding hydrogens is 272 g/mol. The van der Waals surface area contributed by atoms with Gasteiger partial charge in [0.1, 0.15) is 0 Å². The predicted octanol–water partition coefficient (Wildman–Crippen LogP) is 5.30. The Morgan fingerprint density at radius 3 is 1.50 bits per heavy atom. The van der Waals surface area contributed by atoms with E-state index in [-0.39, 0.29) is 18.2 Å². The molecule has 0 spiro atoms. The molecule has 0 saturated heterocycles. The minimum absolute atomic E-state index is 0.0738. The predicted molar refractivity (Wildman–Crippen MR) is 78.2 cm³/mol.